The lowest BCUT2D eigenvalue weighted by atomic mass is 10.2. The van der Waals surface area contributed by atoms with Crippen LogP contribution in [-0.2, 0) is 0 Å². The van der Waals surface area contributed by atoms with Crippen LogP contribution in [0, 0.1) is 18.3 Å². The first-order chi connectivity index (χ1) is 8.17. The van der Waals surface area contributed by atoms with E-state index in [-0.39, 0.29) is 0 Å². The van der Waals surface area contributed by atoms with E-state index in [1.807, 2.05) is 31.2 Å². The number of nitriles is 1. The van der Waals surface area contributed by atoms with Crippen molar-refractivity contribution in [3.05, 3.63) is 52.1 Å². The van der Waals surface area contributed by atoms with Crippen molar-refractivity contribution in [1.82, 2.24) is 4.98 Å². The summed E-state index contributed by atoms with van der Waals surface area (Å²) >= 11 is 3.35. The summed E-state index contributed by atoms with van der Waals surface area (Å²) in [6, 6.07) is 12.8. The van der Waals surface area contributed by atoms with E-state index in [0.717, 1.165) is 10.2 Å². The fourth-order valence-electron chi connectivity index (χ4n) is 1.38. The highest BCUT2D eigenvalue weighted by Gasteiger charge is 2.02. The van der Waals surface area contributed by atoms with Crippen molar-refractivity contribution in [2.24, 2.45) is 0 Å². The van der Waals surface area contributed by atoms with Gasteiger partial charge in [-0.15, -0.1) is 0 Å². The van der Waals surface area contributed by atoms with Crippen molar-refractivity contribution < 1.29 is 4.74 Å². The van der Waals surface area contributed by atoms with E-state index >= 15 is 0 Å². The van der Waals surface area contributed by atoms with Crippen molar-refractivity contribution >= 4 is 15.9 Å². The van der Waals surface area contributed by atoms with Gasteiger partial charge in [-0.1, -0.05) is 15.9 Å². The summed E-state index contributed by atoms with van der Waals surface area (Å²) in [6.45, 7) is 1.83. The van der Waals surface area contributed by atoms with Gasteiger partial charge >= 0.3 is 0 Å². The minimum absolute atomic E-state index is 0.434. The van der Waals surface area contributed by atoms with Gasteiger partial charge in [0.25, 0.3) is 0 Å². The molecule has 0 N–H and O–H groups in total. The first-order valence-corrected chi connectivity index (χ1v) is 5.79. The number of hydrogen-bond acceptors (Lipinski definition) is 3. The Balaban J connectivity index is 2.27. The van der Waals surface area contributed by atoms with Gasteiger partial charge in [0.15, 0.2) is 0 Å². The molecule has 1 heterocycles. The third-order valence-electron chi connectivity index (χ3n) is 2.10. The molecule has 0 amide bonds. The second-order valence-corrected chi connectivity index (χ2v) is 4.42. The Hall–Kier alpha value is -1.86. The minimum Gasteiger partial charge on any atom is -0.439 e. The zero-order chi connectivity index (χ0) is 12.3. The maximum Gasteiger partial charge on any atom is 0.220 e. The molecule has 1 aromatic heterocycles. The topological polar surface area (TPSA) is 45.9 Å². The number of aryl methyl sites for hydroxylation is 1. The van der Waals surface area contributed by atoms with Gasteiger partial charge in [-0.25, -0.2) is 4.98 Å². The van der Waals surface area contributed by atoms with Crippen LogP contribution in [0.2, 0.25) is 0 Å². The molecule has 0 fully saturated rings. The van der Waals surface area contributed by atoms with Crippen molar-refractivity contribution in [3.8, 4) is 17.7 Å². The van der Waals surface area contributed by atoms with Crippen molar-refractivity contribution in [2.45, 2.75) is 6.92 Å². The number of ether oxygens (including phenoxy) is 1. The van der Waals surface area contributed by atoms with Gasteiger partial charge in [-0.05, 0) is 37.3 Å². The molecule has 0 saturated heterocycles. The van der Waals surface area contributed by atoms with Crippen molar-refractivity contribution in [1.29, 1.82) is 5.26 Å². The summed E-state index contributed by atoms with van der Waals surface area (Å²) in [5.74, 6) is 1.12. The third-order valence-corrected chi connectivity index (χ3v) is 2.62. The summed E-state index contributed by atoms with van der Waals surface area (Å²) < 4.78 is 6.56. The number of nitrogens with zero attached hydrogens (tertiary/aromatic N) is 2. The largest absolute Gasteiger partial charge is 0.439 e. The number of rotatable bonds is 2. The predicted octanol–water partition coefficient (Wildman–Crippen LogP) is 3.82. The molecular weight excluding hydrogens is 280 g/mol. The van der Waals surface area contributed by atoms with Gasteiger partial charge in [0.2, 0.25) is 5.88 Å². The normalized spacial score (nSPS) is 9.71. The lowest BCUT2D eigenvalue weighted by Crippen LogP contribution is -1.91. The highest BCUT2D eigenvalue weighted by molar-refractivity contribution is 9.10. The van der Waals surface area contributed by atoms with E-state index in [9.17, 15) is 0 Å². The summed E-state index contributed by atoms with van der Waals surface area (Å²) in [7, 11) is 0. The van der Waals surface area contributed by atoms with E-state index in [0.29, 0.717) is 17.2 Å². The molecule has 0 atom stereocenters. The lowest BCUT2D eigenvalue weighted by molar-refractivity contribution is 0.461. The highest BCUT2D eigenvalue weighted by Crippen LogP contribution is 2.22. The lowest BCUT2D eigenvalue weighted by Gasteiger charge is -2.05. The molecule has 0 saturated carbocycles. The SMILES string of the molecule is Cc1cc(C#N)cc(Oc2ccc(Br)cc2)n1. The molecule has 0 aliphatic carbocycles. The second-order valence-electron chi connectivity index (χ2n) is 3.50. The van der Waals surface area contributed by atoms with E-state index in [4.69, 9.17) is 10.00 Å². The highest BCUT2D eigenvalue weighted by atomic mass is 79.9. The molecule has 0 aliphatic rings. The summed E-state index contributed by atoms with van der Waals surface area (Å²) in [6.07, 6.45) is 0. The van der Waals surface area contributed by atoms with Crippen molar-refractivity contribution in [3.63, 3.8) is 0 Å². The second kappa shape index (κ2) is 4.98. The first-order valence-electron chi connectivity index (χ1n) is 4.99. The summed E-state index contributed by atoms with van der Waals surface area (Å²) in [4.78, 5) is 4.21. The molecule has 2 aromatic rings. The smallest absolute Gasteiger partial charge is 0.220 e. The Kier molecular flexibility index (Phi) is 3.40. The molecule has 0 bridgehead atoms. The Bertz CT molecular complexity index is 573. The Morgan fingerprint density at radius 2 is 1.94 bits per heavy atom. The van der Waals surface area contributed by atoms with E-state index in [1.165, 1.54) is 0 Å². The van der Waals surface area contributed by atoms with E-state index in [1.54, 1.807) is 12.1 Å². The quantitative estimate of drug-likeness (QED) is 0.844. The van der Waals surface area contributed by atoms with Crippen LogP contribution in [0.3, 0.4) is 0 Å². The molecule has 0 unspecified atom stereocenters. The van der Waals surface area contributed by atoms with Gasteiger partial charge in [-0.2, -0.15) is 5.26 Å². The molecule has 17 heavy (non-hydrogen) atoms. The zero-order valence-corrected chi connectivity index (χ0v) is 10.7. The summed E-state index contributed by atoms with van der Waals surface area (Å²) in [5, 5.41) is 8.85. The molecule has 0 radical (unpaired) electrons. The van der Waals surface area contributed by atoms with Crippen LogP contribution in [0.5, 0.6) is 11.6 Å². The fraction of sp³-hybridized carbons (Fsp3) is 0.0769. The molecular formula is C13H9BrN2O. The van der Waals surface area contributed by atoms with Crippen LogP contribution < -0.4 is 4.74 Å². The van der Waals surface area contributed by atoms with Gasteiger partial charge in [0.1, 0.15) is 5.75 Å². The number of halogens is 1. The van der Waals surface area contributed by atoms with Crippen LogP contribution in [-0.4, -0.2) is 4.98 Å². The Labute approximate surface area is 108 Å². The molecule has 2 rings (SSSR count). The van der Waals surface area contributed by atoms with Crippen LogP contribution >= 0.6 is 15.9 Å². The monoisotopic (exact) mass is 288 g/mol. The number of aromatic nitrogens is 1. The average molecular weight is 289 g/mol. The fourth-order valence-corrected chi connectivity index (χ4v) is 1.64. The Morgan fingerprint density at radius 1 is 1.24 bits per heavy atom. The molecule has 3 nitrogen and oxygen atoms in total. The number of hydrogen-bond donors (Lipinski definition) is 0. The van der Waals surface area contributed by atoms with Crippen LogP contribution in [0.1, 0.15) is 11.3 Å². The van der Waals surface area contributed by atoms with E-state index in [2.05, 4.69) is 27.0 Å². The maximum atomic E-state index is 8.85. The summed E-state index contributed by atoms with van der Waals surface area (Å²) in [5.41, 5.74) is 1.31. The first kappa shape index (κ1) is 11.6. The molecule has 84 valence electrons. The minimum atomic E-state index is 0.434. The molecule has 1 aromatic carbocycles. The van der Waals surface area contributed by atoms with Crippen molar-refractivity contribution in [2.75, 3.05) is 0 Å². The maximum absolute atomic E-state index is 8.85. The van der Waals surface area contributed by atoms with Crippen LogP contribution in [0.25, 0.3) is 0 Å². The third kappa shape index (κ3) is 3.05. The number of pyridine rings is 1. The molecule has 0 aliphatic heterocycles. The molecule has 0 spiro atoms. The van der Waals surface area contributed by atoms with E-state index < -0.39 is 0 Å². The predicted molar refractivity (Wildman–Crippen MR) is 67.9 cm³/mol. The average Bonchev–Trinajstić information content (AvgIpc) is 2.31. The van der Waals surface area contributed by atoms with Crippen LogP contribution in [0.4, 0.5) is 0 Å². The molecule has 4 heteroatoms. The number of benzene rings is 1. The zero-order valence-electron chi connectivity index (χ0n) is 9.14. The Morgan fingerprint density at radius 3 is 2.59 bits per heavy atom. The standard InChI is InChI=1S/C13H9BrN2O/c1-9-6-10(8-15)7-13(16-9)17-12-4-2-11(14)3-5-12/h2-7H,1H3. The van der Waals surface area contributed by atoms with Gasteiger partial charge in [0, 0.05) is 16.2 Å². The van der Waals surface area contributed by atoms with Crippen LogP contribution in [0.15, 0.2) is 40.9 Å². The van der Waals surface area contributed by atoms with Gasteiger partial charge < -0.3 is 4.74 Å². The van der Waals surface area contributed by atoms with Gasteiger partial charge in [-0.3, -0.25) is 0 Å². The van der Waals surface area contributed by atoms with Gasteiger partial charge in [0.05, 0.1) is 11.6 Å².